The van der Waals surface area contributed by atoms with Crippen LogP contribution in [-0.2, 0) is 0 Å². The summed E-state index contributed by atoms with van der Waals surface area (Å²) in [4.78, 5) is 34.8. The molecule has 30 heavy (non-hydrogen) atoms. The number of piperidine rings is 1. The molecule has 0 saturated carbocycles. The number of nitrogens with zero attached hydrogens (tertiary/aromatic N) is 3. The van der Waals surface area contributed by atoms with Gasteiger partial charge in [0.15, 0.2) is 0 Å². The second-order valence-corrected chi connectivity index (χ2v) is 6.54. The van der Waals surface area contributed by atoms with Crippen molar-refractivity contribution in [2.75, 3.05) is 20.2 Å². The second-order valence-electron chi connectivity index (χ2n) is 6.54. The fourth-order valence-corrected chi connectivity index (χ4v) is 3.14. The fraction of sp³-hybridized carbons (Fsp3) is 0.350. The van der Waals surface area contributed by atoms with Crippen LogP contribution >= 0.6 is 0 Å². The van der Waals surface area contributed by atoms with E-state index in [1.165, 1.54) is 4.90 Å². The Morgan fingerprint density at radius 2 is 1.47 bits per heavy atom. The Kier molecular flexibility index (Phi) is 7.29. The zero-order chi connectivity index (χ0) is 21.0. The van der Waals surface area contributed by atoms with Crippen LogP contribution in [0.5, 0.6) is 11.5 Å². The van der Waals surface area contributed by atoms with Crippen LogP contribution in [-0.4, -0.2) is 47.0 Å². The number of likely N-dealkylation sites (tertiary alicyclic amines) is 1. The van der Waals surface area contributed by atoms with Gasteiger partial charge in [-0.25, -0.2) is 0 Å². The van der Waals surface area contributed by atoms with Crippen molar-refractivity contribution in [1.82, 2.24) is 4.90 Å². The van der Waals surface area contributed by atoms with Crippen LogP contribution in [0.1, 0.15) is 30.6 Å². The first-order chi connectivity index (χ1) is 13.9. The maximum atomic E-state index is 12.7. The van der Waals surface area contributed by atoms with Gasteiger partial charge in [-0.15, -0.1) is 0 Å². The van der Waals surface area contributed by atoms with E-state index in [0.29, 0.717) is 31.7 Å². The van der Waals surface area contributed by atoms with E-state index in [4.69, 9.17) is 9.47 Å². The maximum Gasteiger partial charge on any atom is 0.277 e. The summed E-state index contributed by atoms with van der Waals surface area (Å²) in [5.41, 5.74) is -1.04. The van der Waals surface area contributed by atoms with Crippen molar-refractivity contribution in [2.24, 2.45) is 0 Å². The van der Waals surface area contributed by atoms with Crippen LogP contribution in [0.25, 0.3) is 0 Å². The van der Waals surface area contributed by atoms with Crippen LogP contribution in [0.4, 0.5) is 11.4 Å². The lowest BCUT2D eigenvalue weighted by Gasteiger charge is -2.32. The Labute approximate surface area is 173 Å². The first-order valence-corrected chi connectivity index (χ1v) is 8.91. The van der Waals surface area contributed by atoms with E-state index in [2.05, 4.69) is 0 Å². The van der Waals surface area contributed by atoms with Crippen molar-refractivity contribution in [1.29, 1.82) is 0 Å². The van der Waals surface area contributed by atoms with Gasteiger partial charge >= 0.3 is 0 Å². The van der Waals surface area contributed by atoms with Gasteiger partial charge in [-0.05, 0) is 24.3 Å². The van der Waals surface area contributed by atoms with Gasteiger partial charge in [-0.1, -0.05) is 7.43 Å². The summed E-state index contributed by atoms with van der Waals surface area (Å²) >= 11 is 0. The van der Waals surface area contributed by atoms with Crippen molar-refractivity contribution in [3.63, 3.8) is 0 Å². The quantitative estimate of drug-likeness (QED) is 0.516. The third kappa shape index (κ3) is 5.22. The van der Waals surface area contributed by atoms with Gasteiger partial charge in [0.1, 0.15) is 17.6 Å². The second kappa shape index (κ2) is 9.68. The number of nitro groups is 2. The molecule has 2 aromatic carbocycles. The molecule has 2 aromatic rings. The zero-order valence-electron chi connectivity index (χ0n) is 15.6. The fourth-order valence-electron chi connectivity index (χ4n) is 3.14. The normalized spacial score (nSPS) is 13.8. The molecule has 1 saturated heterocycles. The number of carbonyl (C=O) groups is 1. The van der Waals surface area contributed by atoms with E-state index in [1.54, 1.807) is 31.4 Å². The lowest BCUT2D eigenvalue weighted by atomic mass is 10.1. The molecule has 0 spiro atoms. The lowest BCUT2D eigenvalue weighted by Crippen LogP contribution is -2.41. The summed E-state index contributed by atoms with van der Waals surface area (Å²) in [6, 6.07) is 10.2. The summed E-state index contributed by atoms with van der Waals surface area (Å²) in [5.74, 6) is 0.952. The van der Waals surface area contributed by atoms with Crippen molar-refractivity contribution in [2.45, 2.75) is 26.4 Å². The zero-order valence-corrected chi connectivity index (χ0v) is 15.6. The molecule has 1 heterocycles. The van der Waals surface area contributed by atoms with Crippen LogP contribution in [0, 0.1) is 20.2 Å². The summed E-state index contributed by atoms with van der Waals surface area (Å²) in [7, 11) is 1.58. The molecule has 0 unspecified atom stereocenters. The third-order valence-corrected chi connectivity index (χ3v) is 4.66. The maximum absolute atomic E-state index is 12.7. The highest BCUT2D eigenvalue weighted by Gasteiger charge is 2.27. The molecule has 1 fully saturated rings. The first-order valence-electron chi connectivity index (χ1n) is 8.91. The van der Waals surface area contributed by atoms with Crippen LogP contribution in [0.2, 0.25) is 0 Å². The number of non-ortho nitro benzene ring substituents is 2. The summed E-state index contributed by atoms with van der Waals surface area (Å²) < 4.78 is 11.0. The van der Waals surface area contributed by atoms with Crippen molar-refractivity contribution in [3.8, 4) is 11.5 Å². The Balaban J connectivity index is 0.00000320. The minimum absolute atomic E-state index is 0. The molecule has 0 aliphatic carbocycles. The van der Waals surface area contributed by atoms with Crippen LogP contribution in [0.3, 0.4) is 0 Å². The number of rotatable bonds is 6. The largest absolute Gasteiger partial charge is 0.497 e. The summed E-state index contributed by atoms with van der Waals surface area (Å²) in [6.45, 7) is 0.770. The van der Waals surface area contributed by atoms with E-state index >= 15 is 0 Å². The minimum atomic E-state index is -0.751. The van der Waals surface area contributed by atoms with E-state index < -0.39 is 27.1 Å². The molecule has 1 aliphatic rings. The van der Waals surface area contributed by atoms with Gasteiger partial charge in [0, 0.05) is 38.1 Å². The number of hydrogen-bond donors (Lipinski definition) is 0. The van der Waals surface area contributed by atoms with E-state index in [-0.39, 0.29) is 19.1 Å². The van der Waals surface area contributed by atoms with Crippen molar-refractivity contribution >= 4 is 17.3 Å². The number of methoxy groups -OCH3 is 1. The third-order valence-electron chi connectivity index (χ3n) is 4.66. The van der Waals surface area contributed by atoms with Gasteiger partial charge in [-0.3, -0.25) is 25.0 Å². The van der Waals surface area contributed by atoms with Crippen molar-refractivity contribution in [3.05, 3.63) is 68.3 Å². The number of carbonyl (C=O) groups excluding carboxylic acids is 1. The molecule has 10 heteroatoms. The smallest absolute Gasteiger partial charge is 0.277 e. The first kappa shape index (κ1) is 22.6. The summed E-state index contributed by atoms with van der Waals surface area (Å²) in [5, 5.41) is 22.0. The van der Waals surface area contributed by atoms with E-state index in [9.17, 15) is 25.0 Å². The molecule has 1 aliphatic heterocycles. The number of nitro benzene ring substituents is 2. The molecule has 160 valence electrons. The van der Waals surface area contributed by atoms with Crippen LogP contribution in [0.15, 0.2) is 42.5 Å². The molecule has 0 aromatic heterocycles. The van der Waals surface area contributed by atoms with Gasteiger partial charge in [0.2, 0.25) is 0 Å². The van der Waals surface area contributed by atoms with Gasteiger partial charge < -0.3 is 14.4 Å². The molecule has 0 radical (unpaired) electrons. The Morgan fingerprint density at radius 1 is 0.967 bits per heavy atom. The number of hydrogen-bond acceptors (Lipinski definition) is 7. The highest BCUT2D eigenvalue weighted by Crippen LogP contribution is 2.26. The molecule has 3 rings (SSSR count). The average molecular weight is 417 g/mol. The Hall–Kier alpha value is -3.69. The highest BCUT2D eigenvalue weighted by atomic mass is 16.6. The molecule has 0 N–H and O–H groups in total. The predicted molar refractivity (Wildman–Crippen MR) is 109 cm³/mol. The standard InChI is InChI=1S/C19H19N3O7.CH4/c1-28-16-2-4-17(5-3-16)29-18-6-8-20(9-7-18)19(23)13-10-14(21(24)25)12-15(11-13)22(26)27;/h2-5,10-12,18H,6-9H2,1H3;1H4. The van der Waals surface area contributed by atoms with Crippen molar-refractivity contribution < 1.29 is 24.1 Å². The van der Waals surface area contributed by atoms with Gasteiger partial charge in [0.25, 0.3) is 17.3 Å². The molecule has 1 amide bonds. The number of ether oxygens (including phenoxy) is 2. The minimum Gasteiger partial charge on any atom is -0.497 e. The molecule has 0 bridgehead atoms. The molecule has 10 nitrogen and oxygen atoms in total. The molecular formula is C20H23N3O7. The lowest BCUT2D eigenvalue weighted by molar-refractivity contribution is -0.394. The molecular weight excluding hydrogens is 394 g/mol. The topological polar surface area (TPSA) is 125 Å². The predicted octanol–water partition coefficient (Wildman–Crippen LogP) is 3.83. The monoisotopic (exact) mass is 417 g/mol. The SMILES string of the molecule is C.COc1ccc(OC2CCN(C(=O)c3cc([N+](=O)[O-])cc([N+](=O)[O-])c3)CC2)cc1. The van der Waals surface area contributed by atoms with Crippen LogP contribution < -0.4 is 9.47 Å². The number of benzene rings is 2. The van der Waals surface area contributed by atoms with E-state index in [1.807, 2.05) is 0 Å². The van der Waals surface area contributed by atoms with Gasteiger partial charge in [-0.2, -0.15) is 0 Å². The van der Waals surface area contributed by atoms with Gasteiger partial charge in [0.05, 0.1) is 28.6 Å². The van der Waals surface area contributed by atoms with E-state index in [0.717, 1.165) is 23.9 Å². The Morgan fingerprint density at radius 3 is 1.93 bits per heavy atom. The highest BCUT2D eigenvalue weighted by molar-refractivity contribution is 5.95. The average Bonchev–Trinajstić information content (AvgIpc) is 2.74. The number of amides is 1. The summed E-state index contributed by atoms with van der Waals surface area (Å²) in [6.07, 6.45) is 1.08. The molecule has 0 atom stereocenters. The Bertz CT molecular complexity index is 890.